The Balaban J connectivity index is 1.70. The summed E-state index contributed by atoms with van der Waals surface area (Å²) < 4.78 is 0. The second-order valence-electron chi connectivity index (χ2n) is 5.47. The largest absolute Gasteiger partial charge is 0.352 e. The normalized spacial score (nSPS) is 22.8. The lowest BCUT2D eigenvalue weighted by Crippen LogP contribution is -2.39. The number of nitrogens with one attached hydrogen (secondary N) is 1. The minimum atomic E-state index is 0.388. The van der Waals surface area contributed by atoms with Crippen molar-refractivity contribution in [3.05, 3.63) is 18.1 Å². The number of aromatic nitrogens is 2. The summed E-state index contributed by atoms with van der Waals surface area (Å²) in [4.78, 5) is 10.9. The van der Waals surface area contributed by atoms with Gasteiger partial charge in [-0.3, -0.25) is 0 Å². The van der Waals surface area contributed by atoms with Crippen molar-refractivity contribution in [2.75, 3.05) is 24.5 Å². The fourth-order valence-electron chi connectivity index (χ4n) is 2.70. The number of hydrogen-bond donors (Lipinski definition) is 1. The highest BCUT2D eigenvalue weighted by molar-refractivity contribution is 5.40. The van der Waals surface area contributed by atoms with Crippen molar-refractivity contribution in [2.45, 2.75) is 31.7 Å². The van der Waals surface area contributed by atoms with Crippen LogP contribution in [0.4, 0.5) is 5.82 Å². The van der Waals surface area contributed by atoms with Crippen LogP contribution in [0.15, 0.2) is 12.4 Å². The standard InChI is InChI=1S/C14H19N5/c15-6-12-8-18-14(9-17-12)19(13-3-4-13)10-11-2-1-5-16-7-11/h8-9,11,13,16H,1-5,7,10H2. The van der Waals surface area contributed by atoms with Crippen LogP contribution in [-0.4, -0.2) is 35.6 Å². The summed E-state index contributed by atoms with van der Waals surface area (Å²) in [7, 11) is 0. The molecule has 0 spiro atoms. The maximum atomic E-state index is 8.78. The third-order valence-electron chi connectivity index (χ3n) is 3.89. The van der Waals surface area contributed by atoms with E-state index in [1.807, 2.05) is 6.07 Å². The molecule has 5 nitrogen and oxygen atoms in total. The van der Waals surface area contributed by atoms with Gasteiger partial charge >= 0.3 is 0 Å². The van der Waals surface area contributed by atoms with E-state index in [1.165, 1.54) is 25.7 Å². The second kappa shape index (κ2) is 5.54. The molecule has 1 atom stereocenters. The van der Waals surface area contributed by atoms with Gasteiger partial charge in [-0.05, 0) is 44.7 Å². The van der Waals surface area contributed by atoms with Crippen LogP contribution < -0.4 is 10.2 Å². The summed E-state index contributed by atoms with van der Waals surface area (Å²) in [6.07, 6.45) is 8.38. The third-order valence-corrected chi connectivity index (χ3v) is 3.89. The molecule has 0 aromatic carbocycles. The summed E-state index contributed by atoms with van der Waals surface area (Å²) >= 11 is 0. The molecule has 1 saturated carbocycles. The van der Waals surface area contributed by atoms with Gasteiger partial charge in [-0.15, -0.1) is 0 Å². The van der Waals surface area contributed by atoms with E-state index in [2.05, 4.69) is 20.2 Å². The van der Waals surface area contributed by atoms with Crippen molar-refractivity contribution in [1.29, 1.82) is 5.26 Å². The summed E-state index contributed by atoms with van der Waals surface area (Å²) in [6.45, 7) is 3.31. The first-order chi connectivity index (χ1) is 9.36. The van der Waals surface area contributed by atoms with Crippen LogP contribution in [0, 0.1) is 17.2 Å². The highest BCUT2D eigenvalue weighted by Crippen LogP contribution is 2.31. The quantitative estimate of drug-likeness (QED) is 0.881. The van der Waals surface area contributed by atoms with Crippen LogP contribution >= 0.6 is 0 Å². The smallest absolute Gasteiger partial charge is 0.158 e. The van der Waals surface area contributed by atoms with E-state index in [0.717, 1.165) is 25.5 Å². The van der Waals surface area contributed by atoms with Crippen LogP contribution in [-0.2, 0) is 0 Å². The van der Waals surface area contributed by atoms with Gasteiger partial charge in [0.2, 0.25) is 0 Å². The van der Waals surface area contributed by atoms with Gasteiger partial charge in [0.25, 0.3) is 0 Å². The molecule has 5 heteroatoms. The fraction of sp³-hybridized carbons (Fsp3) is 0.643. The molecule has 2 fully saturated rings. The number of anilines is 1. The van der Waals surface area contributed by atoms with Crippen molar-refractivity contribution in [2.24, 2.45) is 5.92 Å². The molecule has 100 valence electrons. The molecule has 3 rings (SSSR count). The van der Waals surface area contributed by atoms with E-state index in [0.29, 0.717) is 17.7 Å². The molecule has 2 aliphatic rings. The predicted molar refractivity (Wildman–Crippen MR) is 72.7 cm³/mol. The maximum absolute atomic E-state index is 8.78. The number of piperidine rings is 1. The molecular formula is C14H19N5. The van der Waals surface area contributed by atoms with Crippen LogP contribution in [0.5, 0.6) is 0 Å². The summed E-state index contributed by atoms with van der Waals surface area (Å²) in [5.74, 6) is 1.62. The lowest BCUT2D eigenvalue weighted by atomic mass is 9.99. The van der Waals surface area contributed by atoms with Crippen molar-refractivity contribution in [3.8, 4) is 6.07 Å². The molecule has 1 aliphatic heterocycles. The molecule has 1 aromatic heterocycles. The predicted octanol–water partition coefficient (Wildman–Crippen LogP) is 1.32. The van der Waals surface area contributed by atoms with Gasteiger partial charge in [0, 0.05) is 12.6 Å². The molecule has 0 bridgehead atoms. The zero-order chi connectivity index (χ0) is 13.1. The second-order valence-corrected chi connectivity index (χ2v) is 5.47. The Kier molecular flexibility index (Phi) is 3.60. The van der Waals surface area contributed by atoms with Crippen LogP contribution in [0.2, 0.25) is 0 Å². The lowest BCUT2D eigenvalue weighted by molar-refractivity contribution is 0.375. The highest BCUT2D eigenvalue weighted by Gasteiger charge is 2.32. The van der Waals surface area contributed by atoms with E-state index >= 15 is 0 Å². The van der Waals surface area contributed by atoms with Gasteiger partial charge in [0.05, 0.1) is 12.4 Å². The maximum Gasteiger partial charge on any atom is 0.158 e. The van der Waals surface area contributed by atoms with Crippen molar-refractivity contribution >= 4 is 5.82 Å². The van der Waals surface area contributed by atoms with Crippen LogP contribution in [0.25, 0.3) is 0 Å². The molecule has 2 heterocycles. The lowest BCUT2D eigenvalue weighted by Gasteiger charge is -2.30. The van der Waals surface area contributed by atoms with Crippen LogP contribution in [0.1, 0.15) is 31.4 Å². The van der Waals surface area contributed by atoms with Crippen molar-refractivity contribution < 1.29 is 0 Å². The van der Waals surface area contributed by atoms with Crippen molar-refractivity contribution in [1.82, 2.24) is 15.3 Å². The van der Waals surface area contributed by atoms with E-state index in [1.54, 1.807) is 12.4 Å². The van der Waals surface area contributed by atoms with Gasteiger partial charge in [0.1, 0.15) is 11.9 Å². The SMILES string of the molecule is N#Cc1cnc(N(CC2CCCNC2)C2CC2)cn1. The third kappa shape index (κ3) is 3.02. The molecule has 0 amide bonds. The Morgan fingerprint density at radius 1 is 1.32 bits per heavy atom. The summed E-state index contributed by atoms with van der Waals surface area (Å²) in [5, 5.41) is 12.2. The van der Waals surface area contributed by atoms with Gasteiger partial charge in [0.15, 0.2) is 5.69 Å². The Bertz CT molecular complexity index is 454. The van der Waals surface area contributed by atoms with Crippen molar-refractivity contribution in [3.63, 3.8) is 0 Å². The van der Waals surface area contributed by atoms with E-state index in [-0.39, 0.29) is 0 Å². The minimum absolute atomic E-state index is 0.388. The summed E-state index contributed by atoms with van der Waals surface area (Å²) in [5.41, 5.74) is 0.388. The van der Waals surface area contributed by atoms with Gasteiger partial charge in [-0.25, -0.2) is 9.97 Å². The first-order valence-electron chi connectivity index (χ1n) is 7.06. The van der Waals surface area contributed by atoms with Crippen LogP contribution in [0.3, 0.4) is 0 Å². The number of nitriles is 1. The molecule has 0 radical (unpaired) electrons. The van der Waals surface area contributed by atoms with Gasteiger partial charge < -0.3 is 10.2 Å². The summed E-state index contributed by atoms with van der Waals surface area (Å²) in [6, 6.07) is 2.65. The molecule has 1 aliphatic carbocycles. The van der Waals surface area contributed by atoms with E-state index in [4.69, 9.17) is 5.26 Å². The van der Waals surface area contributed by atoms with Gasteiger partial charge in [-0.2, -0.15) is 5.26 Å². The van der Waals surface area contributed by atoms with E-state index < -0.39 is 0 Å². The Hall–Kier alpha value is -1.67. The fourth-order valence-corrected chi connectivity index (χ4v) is 2.70. The molecule has 1 saturated heterocycles. The van der Waals surface area contributed by atoms with Gasteiger partial charge in [-0.1, -0.05) is 0 Å². The van der Waals surface area contributed by atoms with E-state index in [9.17, 15) is 0 Å². The molecule has 1 N–H and O–H groups in total. The number of nitrogens with zero attached hydrogens (tertiary/aromatic N) is 4. The molecule has 1 aromatic rings. The Labute approximate surface area is 113 Å². The number of rotatable bonds is 4. The first-order valence-corrected chi connectivity index (χ1v) is 7.06. The molecular weight excluding hydrogens is 238 g/mol. The number of hydrogen-bond acceptors (Lipinski definition) is 5. The highest BCUT2D eigenvalue weighted by atomic mass is 15.2. The zero-order valence-corrected chi connectivity index (χ0v) is 11.0. The average Bonchev–Trinajstić information content (AvgIpc) is 3.31. The Morgan fingerprint density at radius 2 is 2.21 bits per heavy atom. The molecule has 19 heavy (non-hydrogen) atoms. The topological polar surface area (TPSA) is 64.8 Å². The zero-order valence-electron chi connectivity index (χ0n) is 11.0. The first kappa shape index (κ1) is 12.4. The average molecular weight is 257 g/mol. The molecule has 1 unspecified atom stereocenters. The monoisotopic (exact) mass is 257 g/mol. The Morgan fingerprint density at radius 3 is 2.79 bits per heavy atom. The minimum Gasteiger partial charge on any atom is -0.352 e.